The Morgan fingerprint density at radius 3 is 2.62 bits per heavy atom. The zero-order valence-corrected chi connectivity index (χ0v) is 18.3. The van der Waals surface area contributed by atoms with Gasteiger partial charge in [-0.15, -0.1) is 0 Å². The third-order valence-corrected chi connectivity index (χ3v) is 6.10. The minimum absolute atomic E-state index is 0.0259. The van der Waals surface area contributed by atoms with Gasteiger partial charge in [0.2, 0.25) is 5.95 Å². The maximum Gasteiger partial charge on any atom is 0.416 e. The van der Waals surface area contributed by atoms with E-state index in [9.17, 15) is 22.4 Å². The van der Waals surface area contributed by atoms with Gasteiger partial charge in [-0.2, -0.15) is 13.2 Å². The fourth-order valence-electron chi connectivity index (χ4n) is 4.42. The average Bonchev–Trinajstić information content (AvgIpc) is 3.16. The Labute approximate surface area is 193 Å². The first kappa shape index (κ1) is 24.2. The molecule has 1 heterocycles. The van der Waals surface area contributed by atoms with Crippen molar-refractivity contribution in [1.82, 2.24) is 9.55 Å². The van der Waals surface area contributed by atoms with Gasteiger partial charge in [-0.1, -0.05) is 6.07 Å². The lowest BCUT2D eigenvalue weighted by molar-refractivity contribution is -0.137. The van der Waals surface area contributed by atoms with Gasteiger partial charge in [-0.25, -0.2) is 9.37 Å². The first-order chi connectivity index (χ1) is 16.3. The zero-order valence-electron chi connectivity index (χ0n) is 18.3. The van der Waals surface area contributed by atoms with E-state index in [4.69, 9.17) is 9.84 Å². The molecule has 1 aromatic heterocycles. The molecule has 1 saturated carbocycles. The highest BCUT2D eigenvalue weighted by molar-refractivity contribution is 6.04. The summed E-state index contributed by atoms with van der Waals surface area (Å²) in [5.41, 5.74) is -0.0738. The van der Waals surface area contributed by atoms with Gasteiger partial charge in [0.1, 0.15) is 5.82 Å². The molecule has 6 nitrogen and oxygen atoms in total. The van der Waals surface area contributed by atoms with Gasteiger partial charge in [-0.05, 0) is 61.9 Å². The molecule has 34 heavy (non-hydrogen) atoms. The van der Waals surface area contributed by atoms with E-state index in [-0.39, 0.29) is 24.2 Å². The maximum atomic E-state index is 13.8. The van der Waals surface area contributed by atoms with Crippen LogP contribution < -0.4 is 5.32 Å². The van der Waals surface area contributed by atoms with Gasteiger partial charge < -0.3 is 14.4 Å². The predicted octanol–water partition coefficient (Wildman–Crippen LogP) is 5.19. The number of hydrogen-bond donors (Lipinski definition) is 2. The molecular weight excluding hydrogens is 454 g/mol. The number of nitrogens with zero attached hydrogens (tertiary/aromatic N) is 2. The summed E-state index contributed by atoms with van der Waals surface area (Å²) in [6, 6.07) is 8.31. The van der Waals surface area contributed by atoms with E-state index in [0.717, 1.165) is 37.8 Å². The number of fused-ring (bicyclic) bond motifs is 1. The second-order valence-corrected chi connectivity index (χ2v) is 8.44. The number of aliphatic hydroxyl groups is 1. The number of hydrogen-bond acceptors (Lipinski definition) is 4. The fraction of sp³-hybridized carbons (Fsp3) is 0.417. The molecule has 0 bridgehead atoms. The average molecular weight is 479 g/mol. The summed E-state index contributed by atoms with van der Waals surface area (Å²) in [7, 11) is 0. The zero-order chi connectivity index (χ0) is 24.3. The van der Waals surface area contributed by atoms with Crippen LogP contribution in [0.4, 0.5) is 23.5 Å². The van der Waals surface area contributed by atoms with Crippen LogP contribution >= 0.6 is 0 Å². The second kappa shape index (κ2) is 10.1. The lowest BCUT2D eigenvalue weighted by Crippen LogP contribution is -2.24. The molecule has 1 fully saturated rings. The van der Waals surface area contributed by atoms with E-state index in [1.165, 1.54) is 24.3 Å². The molecule has 0 radical (unpaired) electrons. The second-order valence-electron chi connectivity index (χ2n) is 8.44. The highest BCUT2D eigenvalue weighted by Gasteiger charge is 2.31. The molecule has 1 aliphatic carbocycles. The maximum absolute atomic E-state index is 13.8. The smallest absolute Gasteiger partial charge is 0.394 e. The summed E-state index contributed by atoms with van der Waals surface area (Å²) < 4.78 is 60.3. The number of nitrogens with one attached hydrogen (secondary N) is 1. The number of carbonyl (C=O) groups is 1. The number of imidazole rings is 1. The van der Waals surface area contributed by atoms with Crippen molar-refractivity contribution in [3.63, 3.8) is 0 Å². The Bertz CT molecular complexity index is 1150. The fourth-order valence-corrected chi connectivity index (χ4v) is 4.42. The Hall–Kier alpha value is -2.98. The SMILES string of the molecule is O=C(Nc1nc2cc(F)ccc2n1[C@H]1CC[C@@H](COCCO)CC1)c1cccc(C(F)(F)F)c1. The van der Waals surface area contributed by atoms with Gasteiger partial charge in [0.05, 0.1) is 29.8 Å². The van der Waals surface area contributed by atoms with E-state index in [0.29, 0.717) is 30.2 Å². The number of carbonyl (C=O) groups excluding carboxylic acids is 1. The van der Waals surface area contributed by atoms with Crippen molar-refractivity contribution in [1.29, 1.82) is 0 Å². The molecule has 3 aromatic rings. The third kappa shape index (κ3) is 5.39. The van der Waals surface area contributed by atoms with E-state index in [2.05, 4.69) is 10.3 Å². The topological polar surface area (TPSA) is 76.4 Å². The Morgan fingerprint density at radius 1 is 1.15 bits per heavy atom. The van der Waals surface area contributed by atoms with Crippen LogP contribution in [-0.2, 0) is 10.9 Å². The van der Waals surface area contributed by atoms with Crippen molar-refractivity contribution in [2.45, 2.75) is 37.9 Å². The molecule has 2 N–H and O–H groups in total. The first-order valence-electron chi connectivity index (χ1n) is 11.1. The van der Waals surface area contributed by atoms with Crippen molar-refractivity contribution in [3.8, 4) is 0 Å². The Balaban J connectivity index is 1.59. The number of rotatable bonds is 7. The molecule has 0 saturated heterocycles. The van der Waals surface area contributed by atoms with E-state index < -0.39 is 23.5 Å². The van der Waals surface area contributed by atoms with E-state index in [1.807, 2.05) is 4.57 Å². The van der Waals surface area contributed by atoms with Crippen LogP contribution in [0.25, 0.3) is 11.0 Å². The lowest BCUT2D eigenvalue weighted by atomic mass is 9.86. The Kier molecular flexibility index (Phi) is 7.18. The van der Waals surface area contributed by atoms with Crippen molar-refractivity contribution in [2.75, 3.05) is 25.1 Å². The number of amides is 1. The molecule has 2 aromatic carbocycles. The van der Waals surface area contributed by atoms with Crippen LogP contribution in [0, 0.1) is 11.7 Å². The highest BCUT2D eigenvalue weighted by atomic mass is 19.4. The van der Waals surface area contributed by atoms with Gasteiger partial charge in [0.25, 0.3) is 5.91 Å². The number of anilines is 1. The molecular formula is C24H25F4N3O3. The van der Waals surface area contributed by atoms with Crippen LogP contribution in [0.15, 0.2) is 42.5 Å². The molecule has 4 rings (SSSR count). The normalized spacial score (nSPS) is 18.9. The number of alkyl halides is 3. The third-order valence-electron chi connectivity index (χ3n) is 6.10. The van der Waals surface area contributed by atoms with Crippen LogP contribution in [-0.4, -0.2) is 40.4 Å². The largest absolute Gasteiger partial charge is 0.416 e. The number of halogens is 4. The quantitative estimate of drug-likeness (QED) is 0.361. The molecule has 1 aliphatic rings. The number of aliphatic hydroxyl groups excluding tert-OH is 1. The summed E-state index contributed by atoms with van der Waals surface area (Å²) in [5.74, 6) is -0.687. The van der Waals surface area contributed by atoms with E-state index in [1.54, 1.807) is 6.07 Å². The molecule has 0 aliphatic heterocycles. The summed E-state index contributed by atoms with van der Waals surface area (Å²) >= 11 is 0. The van der Waals surface area contributed by atoms with Crippen LogP contribution in [0.1, 0.15) is 47.6 Å². The van der Waals surface area contributed by atoms with Gasteiger partial charge in [0, 0.05) is 24.3 Å². The summed E-state index contributed by atoms with van der Waals surface area (Å²) in [5, 5.41) is 11.5. The number of aromatic nitrogens is 2. The summed E-state index contributed by atoms with van der Waals surface area (Å²) in [4.78, 5) is 17.2. The number of benzene rings is 2. The van der Waals surface area contributed by atoms with Crippen LogP contribution in [0.5, 0.6) is 0 Å². The van der Waals surface area contributed by atoms with Crippen LogP contribution in [0.3, 0.4) is 0 Å². The Morgan fingerprint density at radius 2 is 1.91 bits per heavy atom. The summed E-state index contributed by atoms with van der Waals surface area (Å²) in [6.45, 7) is 0.827. The van der Waals surface area contributed by atoms with Gasteiger partial charge >= 0.3 is 6.18 Å². The van der Waals surface area contributed by atoms with Crippen LogP contribution in [0.2, 0.25) is 0 Å². The van der Waals surface area contributed by atoms with Gasteiger partial charge in [-0.3, -0.25) is 10.1 Å². The minimum Gasteiger partial charge on any atom is -0.394 e. The first-order valence-corrected chi connectivity index (χ1v) is 11.1. The van der Waals surface area contributed by atoms with Gasteiger partial charge in [0.15, 0.2) is 0 Å². The van der Waals surface area contributed by atoms with Crippen molar-refractivity contribution in [2.24, 2.45) is 5.92 Å². The molecule has 0 atom stereocenters. The standard InChI is InChI=1S/C24H25F4N3O3/c25-18-6-9-21-20(13-18)29-23(30-22(33)16-2-1-3-17(12-16)24(26,27)28)31(21)19-7-4-15(5-8-19)14-34-11-10-32/h1-3,6,9,12-13,15,19,32H,4-5,7-8,10-11,14H2,(H,29,30,33)/t15-,19+. The lowest BCUT2D eigenvalue weighted by Gasteiger charge is -2.30. The molecule has 1 amide bonds. The molecule has 10 heteroatoms. The molecule has 182 valence electrons. The van der Waals surface area contributed by atoms with Crippen molar-refractivity contribution >= 4 is 22.9 Å². The molecule has 0 unspecified atom stereocenters. The highest BCUT2D eigenvalue weighted by Crippen LogP contribution is 2.37. The molecule has 0 spiro atoms. The monoisotopic (exact) mass is 479 g/mol. The number of ether oxygens (including phenoxy) is 1. The predicted molar refractivity (Wildman–Crippen MR) is 118 cm³/mol. The summed E-state index contributed by atoms with van der Waals surface area (Å²) in [6.07, 6.45) is -1.32. The van der Waals surface area contributed by atoms with E-state index >= 15 is 0 Å². The van der Waals surface area contributed by atoms with Crippen molar-refractivity contribution < 1.29 is 32.2 Å². The minimum atomic E-state index is -4.57. The van der Waals surface area contributed by atoms with Crippen molar-refractivity contribution in [3.05, 3.63) is 59.4 Å².